The number of benzene rings is 1. The number of rotatable bonds is 5. The van der Waals surface area contributed by atoms with Gasteiger partial charge in [-0.05, 0) is 74.6 Å². The maximum Gasteiger partial charge on any atom is 0.126 e. The smallest absolute Gasteiger partial charge is 0.126 e. The average molecular weight is 291 g/mol. The number of halogens is 1. The Morgan fingerprint density at radius 1 is 1.29 bits per heavy atom. The first kappa shape index (κ1) is 16.5. The molecule has 0 amide bonds. The van der Waals surface area contributed by atoms with E-state index in [1.807, 2.05) is 6.07 Å². The van der Waals surface area contributed by atoms with E-state index in [9.17, 15) is 4.39 Å². The van der Waals surface area contributed by atoms with Gasteiger partial charge in [0.2, 0.25) is 0 Å². The van der Waals surface area contributed by atoms with Crippen LogP contribution >= 0.6 is 0 Å². The Kier molecular flexibility index (Phi) is 5.80. The predicted molar refractivity (Wildman–Crippen MR) is 88.1 cm³/mol. The van der Waals surface area contributed by atoms with Crippen molar-refractivity contribution in [3.8, 4) is 0 Å². The van der Waals surface area contributed by atoms with Gasteiger partial charge in [0.05, 0.1) is 0 Å². The SMILES string of the molecule is CCNCC1CCC(C(C)C)CC1c1cc(C)ccc1F. The van der Waals surface area contributed by atoms with Crippen molar-refractivity contribution >= 4 is 0 Å². The first-order valence-corrected chi connectivity index (χ1v) is 8.49. The summed E-state index contributed by atoms with van der Waals surface area (Å²) in [5.41, 5.74) is 2.11. The molecule has 1 aliphatic rings. The summed E-state index contributed by atoms with van der Waals surface area (Å²) in [5.74, 6) is 2.34. The Bertz CT molecular complexity index is 455. The summed E-state index contributed by atoms with van der Waals surface area (Å²) in [7, 11) is 0. The Morgan fingerprint density at radius 3 is 2.71 bits per heavy atom. The highest BCUT2D eigenvalue weighted by molar-refractivity contribution is 5.28. The topological polar surface area (TPSA) is 12.0 Å². The van der Waals surface area contributed by atoms with Gasteiger partial charge in [-0.15, -0.1) is 0 Å². The quantitative estimate of drug-likeness (QED) is 0.813. The van der Waals surface area contributed by atoms with E-state index in [4.69, 9.17) is 0 Å². The minimum absolute atomic E-state index is 0.0171. The van der Waals surface area contributed by atoms with Crippen molar-refractivity contribution in [2.75, 3.05) is 13.1 Å². The monoisotopic (exact) mass is 291 g/mol. The van der Waals surface area contributed by atoms with E-state index in [-0.39, 0.29) is 5.82 Å². The molecule has 1 saturated carbocycles. The molecular formula is C19H30FN. The van der Waals surface area contributed by atoms with Crippen molar-refractivity contribution in [1.29, 1.82) is 0 Å². The van der Waals surface area contributed by atoms with Crippen LogP contribution in [0.2, 0.25) is 0 Å². The van der Waals surface area contributed by atoms with Crippen LogP contribution in [0, 0.1) is 30.5 Å². The van der Waals surface area contributed by atoms with Crippen molar-refractivity contribution in [1.82, 2.24) is 5.32 Å². The lowest BCUT2D eigenvalue weighted by molar-refractivity contribution is 0.188. The number of hydrogen-bond acceptors (Lipinski definition) is 1. The largest absolute Gasteiger partial charge is 0.317 e. The molecule has 1 N–H and O–H groups in total. The zero-order valence-corrected chi connectivity index (χ0v) is 14.0. The molecule has 0 spiro atoms. The average Bonchev–Trinajstić information content (AvgIpc) is 2.47. The van der Waals surface area contributed by atoms with E-state index in [0.29, 0.717) is 17.8 Å². The lowest BCUT2D eigenvalue weighted by Crippen LogP contribution is -2.33. The standard InChI is InChI=1S/C19H30FN/c1-5-21-12-16-8-7-15(13(2)3)11-17(16)18-10-14(4)6-9-19(18)20/h6,9-10,13,15-17,21H,5,7-8,11-12H2,1-4H3. The molecule has 2 heteroatoms. The molecule has 1 aromatic carbocycles. The minimum Gasteiger partial charge on any atom is -0.317 e. The molecule has 1 aliphatic carbocycles. The normalized spacial score (nSPS) is 26.3. The molecule has 3 atom stereocenters. The number of aryl methyl sites for hydroxylation is 1. The molecule has 0 saturated heterocycles. The number of nitrogens with one attached hydrogen (secondary N) is 1. The van der Waals surface area contributed by atoms with E-state index in [1.54, 1.807) is 6.07 Å². The molecule has 2 rings (SSSR count). The van der Waals surface area contributed by atoms with E-state index < -0.39 is 0 Å². The van der Waals surface area contributed by atoms with Gasteiger partial charge < -0.3 is 5.32 Å². The van der Waals surface area contributed by atoms with Gasteiger partial charge in [0.1, 0.15) is 5.82 Å². The second-order valence-electron chi connectivity index (χ2n) is 7.02. The molecule has 1 nitrogen and oxygen atoms in total. The Hall–Kier alpha value is -0.890. The van der Waals surface area contributed by atoms with Gasteiger partial charge in [-0.1, -0.05) is 38.5 Å². The fraction of sp³-hybridized carbons (Fsp3) is 0.684. The summed E-state index contributed by atoms with van der Waals surface area (Å²) >= 11 is 0. The van der Waals surface area contributed by atoms with Crippen molar-refractivity contribution in [3.05, 3.63) is 35.1 Å². The summed E-state index contributed by atoms with van der Waals surface area (Å²) < 4.78 is 14.4. The molecule has 118 valence electrons. The van der Waals surface area contributed by atoms with Crippen molar-refractivity contribution in [2.45, 2.75) is 52.9 Å². The molecule has 3 unspecified atom stereocenters. The van der Waals surface area contributed by atoms with Crippen molar-refractivity contribution in [3.63, 3.8) is 0 Å². The van der Waals surface area contributed by atoms with Crippen LogP contribution in [-0.4, -0.2) is 13.1 Å². The van der Waals surface area contributed by atoms with E-state index >= 15 is 0 Å². The second-order valence-corrected chi connectivity index (χ2v) is 7.02. The fourth-order valence-corrected chi connectivity index (χ4v) is 3.77. The van der Waals surface area contributed by atoms with Gasteiger partial charge >= 0.3 is 0 Å². The van der Waals surface area contributed by atoms with E-state index in [1.165, 1.54) is 18.4 Å². The predicted octanol–water partition coefficient (Wildman–Crippen LogP) is 4.90. The molecule has 0 aliphatic heterocycles. The van der Waals surface area contributed by atoms with Gasteiger partial charge in [-0.3, -0.25) is 0 Å². The third-order valence-electron chi connectivity index (χ3n) is 5.18. The highest BCUT2D eigenvalue weighted by Gasteiger charge is 2.33. The summed E-state index contributed by atoms with van der Waals surface area (Å²) in [6.07, 6.45) is 3.64. The molecule has 0 aromatic heterocycles. The highest BCUT2D eigenvalue weighted by Crippen LogP contribution is 2.43. The van der Waals surface area contributed by atoms with Crippen LogP contribution in [0.3, 0.4) is 0 Å². The van der Waals surface area contributed by atoms with Gasteiger partial charge in [0.15, 0.2) is 0 Å². The van der Waals surface area contributed by atoms with Crippen molar-refractivity contribution < 1.29 is 4.39 Å². The first-order chi connectivity index (χ1) is 10.0. The molecular weight excluding hydrogens is 261 g/mol. The molecule has 1 aromatic rings. The lowest BCUT2D eigenvalue weighted by atomic mass is 9.68. The van der Waals surface area contributed by atoms with Gasteiger partial charge in [0, 0.05) is 0 Å². The third-order valence-corrected chi connectivity index (χ3v) is 5.18. The van der Waals surface area contributed by atoms with E-state index in [0.717, 1.165) is 31.0 Å². The lowest BCUT2D eigenvalue weighted by Gasteiger charge is -2.38. The summed E-state index contributed by atoms with van der Waals surface area (Å²) in [6.45, 7) is 10.8. The molecule has 1 fully saturated rings. The van der Waals surface area contributed by atoms with Gasteiger partial charge in [-0.25, -0.2) is 4.39 Å². The Labute approximate surface area is 129 Å². The van der Waals surface area contributed by atoms with Gasteiger partial charge in [-0.2, -0.15) is 0 Å². The zero-order valence-electron chi connectivity index (χ0n) is 14.0. The fourth-order valence-electron chi connectivity index (χ4n) is 3.77. The van der Waals surface area contributed by atoms with Crippen LogP contribution in [0.4, 0.5) is 4.39 Å². The van der Waals surface area contributed by atoms with Crippen LogP contribution in [0.5, 0.6) is 0 Å². The third kappa shape index (κ3) is 4.06. The molecule has 0 heterocycles. The van der Waals surface area contributed by atoms with Crippen LogP contribution in [0.25, 0.3) is 0 Å². The molecule has 21 heavy (non-hydrogen) atoms. The number of hydrogen-bond donors (Lipinski definition) is 1. The van der Waals surface area contributed by atoms with Crippen LogP contribution in [0.15, 0.2) is 18.2 Å². The second kappa shape index (κ2) is 7.40. The van der Waals surface area contributed by atoms with Gasteiger partial charge in [0.25, 0.3) is 0 Å². The van der Waals surface area contributed by atoms with Crippen LogP contribution in [0.1, 0.15) is 57.1 Å². The maximum absolute atomic E-state index is 14.4. The summed E-state index contributed by atoms with van der Waals surface area (Å²) in [6, 6.07) is 5.59. The highest BCUT2D eigenvalue weighted by atomic mass is 19.1. The maximum atomic E-state index is 14.4. The summed E-state index contributed by atoms with van der Waals surface area (Å²) in [5, 5.41) is 3.47. The van der Waals surface area contributed by atoms with Crippen LogP contribution in [-0.2, 0) is 0 Å². The summed E-state index contributed by atoms with van der Waals surface area (Å²) in [4.78, 5) is 0. The Balaban J connectivity index is 2.25. The van der Waals surface area contributed by atoms with Crippen molar-refractivity contribution in [2.24, 2.45) is 17.8 Å². The first-order valence-electron chi connectivity index (χ1n) is 8.49. The zero-order chi connectivity index (χ0) is 15.4. The molecule has 0 bridgehead atoms. The molecule has 0 radical (unpaired) electrons. The van der Waals surface area contributed by atoms with E-state index in [2.05, 4.69) is 39.1 Å². The Morgan fingerprint density at radius 2 is 2.05 bits per heavy atom. The minimum atomic E-state index is -0.0171. The van der Waals surface area contributed by atoms with Crippen LogP contribution < -0.4 is 5.32 Å².